The van der Waals surface area contributed by atoms with Gasteiger partial charge in [0.1, 0.15) is 5.82 Å². The monoisotopic (exact) mass is 276 g/mol. The fourth-order valence-electron chi connectivity index (χ4n) is 2.77. The summed E-state index contributed by atoms with van der Waals surface area (Å²) in [5.74, 6) is 0.379. The van der Waals surface area contributed by atoms with E-state index >= 15 is 0 Å². The molecule has 4 heteroatoms. The molecule has 3 nitrogen and oxygen atoms in total. The molecular weight excluding hydrogens is 255 g/mol. The highest BCUT2D eigenvalue weighted by atomic mass is 19.1. The van der Waals surface area contributed by atoms with Gasteiger partial charge in [0.2, 0.25) is 0 Å². The second kappa shape index (κ2) is 6.34. The molecule has 1 aliphatic rings. The fraction of sp³-hybridized carbons (Fsp3) is 0.562. The predicted octanol–water partition coefficient (Wildman–Crippen LogP) is 2.73. The summed E-state index contributed by atoms with van der Waals surface area (Å²) in [5.41, 5.74) is 0.635. The molecule has 2 rings (SSSR count). The summed E-state index contributed by atoms with van der Waals surface area (Å²) >= 11 is 0. The van der Waals surface area contributed by atoms with Gasteiger partial charge in [0, 0.05) is 17.6 Å². The quantitative estimate of drug-likeness (QED) is 0.889. The van der Waals surface area contributed by atoms with E-state index in [1.54, 1.807) is 6.07 Å². The zero-order chi connectivity index (χ0) is 14.6. The standard InChI is InChI=1S/C16H21FN2O/c1-12-4-6-16(11-20,7-5-12)19-10-14-8-13(9-18)2-3-15(14)17/h2-3,8,12,19-20H,4-7,10-11H2,1H3. The Kier molecular flexibility index (Phi) is 4.74. The van der Waals surface area contributed by atoms with Crippen LogP contribution >= 0.6 is 0 Å². The summed E-state index contributed by atoms with van der Waals surface area (Å²) in [6.45, 7) is 2.63. The Morgan fingerprint density at radius 2 is 2.15 bits per heavy atom. The SMILES string of the molecule is CC1CCC(CO)(NCc2cc(C#N)ccc2F)CC1. The molecule has 0 heterocycles. The third kappa shape index (κ3) is 3.36. The molecule has 1 saturated carbocycles. The van der Waals surface area contributed by atoms with Crippen molar-refractivity contribution in [1.29, 1.82) is 5.26 Å². The van der Waals surface area contributed by atoms with Crippen LogP contribution in [0.4, 0.5) is 4.39 Å². The second-order valence-electron chi connectivity index (χ2n) is 5.89. The molecule has 0 radical (unpaired) electrons. The summed E-state index contributed by atoms with van der Waals surface area (Å²) < 4.78 is 13.7. The maximum absolute atomic E-state index is 13.7. The minimum atomic E-state index is -0.311. The summed E-state index contributed by atoms with van der Waals surface area (Å²) in [6.07, 6.45) is 3.97. The minimum Gasteiger partial charge on any atom is -0.394 e. The summed E-state index contributed by atoms with van der Waals surface area (Å²) in [5, 5.41) is 21.8. The van der Waals surface area contributed by atoms with E-state index in [9.17, 15) is 9.50 Å². The molecule has 1 aromatic carbocycles. The van der Waals surface area contributed by atoms with E-state index in [0.29, 0.717) is 23.6 Å². The largest absolute Gasteiger partial charge is 0.394 e. The molecule has 0 aromatic heterocycles. The Balaban J connectivity index is 2.05. The van der Waals surface area contributed by atoms with E-state index in [1.807, 2.05) is 6.07 Å². The van der Waals surface area contributed by atoms with Gasteiger partial charge in [0.25, 0.3) is 0 Å². The Morgan fingerprint density at radius 3 is 2.75 bits per heavy atom. The summed E-state index contributed by atoms with van der Waals surface area (Å²) in [4.78, 5) is 0. The third-order valence-electron chi connectivity index (χ3n) is 4.36. The van der Waals surface area contributed by atoms with Gasteiger partial charge in [-0.1, -0.05) is 6.92 Å². The van der Waals surface area contributed by atoms with Crippen molar-refractivity contribution in [3.05, 3.63) is 35.1 Å². The van der Waals surface area contributed by atoms with Crippen LogP contribution in [-0.4, -0.2) is 17.3 Å². The van der Waals surface area contributed by atoms with Crippen molar-refractivity contribution in [2.45, 2.75) is 44.7 Å². The van der Waals surface area contributed by atoms with Crippen molar-refractivity contribution < 1.29 is 9.50 Å². The Morgan fingerprint density at radius 1 is 1.45 bits per heavy atom. The van der Waals surface area contributed by atoms with E-state index in [1.165, 1.54) is 12.1 Å². The predicted molar refractivity (Wildman–Crippen MR) is 75.4 cm³/mol. The molecule has 20 heavy (non-hydrogen) atoms. The smallest absolute Gasteiger partial charge is 0.127 e. The zero-order valence-electron chi connectivity index (χ0n) is 11.8. The number of hydrogen-bond acceptors (Lipinski definition) is 3. The molecule has 1 aliphatic carbocycles. The Bertz CT molecular complexity index is 502. The van der Waals surface area contributed by atoms with E-state index in [-0.39, 0.29) is 18.0 Å². The number of nitrogens with one attached hydrogen (secondary N) is 1. The van der Waals surface area contributed by atoms with Crippen LogP contribution in [-0.2, 0) is 6.54 Å². The van der Waals surface area contributed by atoms with Gasteiger partial charge in [-0.05, 0) is 49.8 Å². The molecule has 0 spiro atoms. The number of rotatable bonds is 4. The number of aliphatic hydroxyl groups excluding tert-OH is 1. The third-order valence-corrected chi connectivity index (χ3v) is 4.36. The zero-order valence-corrected chi connectivity index (χ0v) is 11.8. The second-order valence-corrected chi connectivity index (χ2v) is 5.89. The molecule has 0 amide bonds. The van der Waals surface area contributed by atoms with Crippen LogP contribution in [0.5, 0.6) is 0 Å². The van der Waals surface area contributed by atoms with E-state index < -0.39 is 0 Å². The highest BCUT2D eigenvalue weighted by molar-refractivity contribution is 5.33. The molecule has 0 atom stereocenters. The number of aliphatic hydroxyl groups is 1. The highest BCUT2D eigenvalue weighted by Gasteiger charge is 2.33. The molecule has 108 valence electrons. The average Bonchev–Trinajstić information content (AvgIpc) is 2.48. The first-order valence-electron chi connectivity index (χ1n) is 7.13. The number of nitriles is 1. The van der Waals surface area contributed by atoms with Crippen LogP contribution in [0, 0.1) is 23.1 Å². The van der Waals surface area contributed by atoms with E-state index in [0.717, 1.165) is 25.7 Å². The maximum Gasteiger partial charge on any atom is 0.127 e. The molecule has 0 saturated heterocycles. The average molecular weight is 276 g/mol. The highest BCUT2D eigenvalue weighted by Crippen LogP contribution is 2.32. The van der Waals surface area contributed by atoms with Gasteiger partial charge in [-0.25, -0.2) is 4.39 Å². The number of benzene rings is 1. The van der Waals surface area contributed by atoms with Gasteiger partial charge in [0.15, 0.2) is 0 Å². The first kappa shape index (κ1) is 15.0. The van der Waals surface area contributed by atoms with E-state index in [4.69, 9.17) is 5.26 Å². The van der Waals surface area contributed by atoms with Gasteiger partial charge in [-0.3, -0.25) is 0 Å². The normalized spacial score (nSPS) is 26.2. The van der Waals surface area contributed by atoms with Gasteiger partial charge in [-0.2, -0.15) is 5.26 Å². The summed E-state index contributed by atoms with van der Waals surface area (Å²) in [6, 6.07) is 6.38. The molecule has 0 bridgehead atoms. The molecule has 1 fully saturated rings. The number of nitrogens with zero attached hydrogens (tertiary/aromatic N) is 1. The lowest BCUT2D eigenvalue weighted by molar-refractivity contribution is 0.104. The van der Waals surface area contributed by atoms with Crippen molar-refractivity contribution in [3.8, 4) is 6.07 Å². The fourth-order valence-corrected chi connectivity index (χ4v) is 2.77. The lowest BCUT2D eigenvalue weighted by Crippen LogP contribution is -2.50. The van der Waals surface area contributed by atoms with Gasteiger partial charge in [0.05, 0.1) is 18.2 Å². The van der Waals surface area contributed by atoms with Crippen molar-refractivity contribution in [2.75, 3.05) is 6.61 Å². The van der Waals surface area contributed by atoms with Crippen LogP contribution in [0.1, 0.15) is 43.7 Å². The minimum absolute atomic E-state index is 0.0687. The number of hydrogen-bond donors (Lipinski definition) is 2. The summed E-state index contributed by atoms with van der Waals surface area (Å²) in [7, 11) is 0. The molecule has 1 aromatic rings. The maximum atomic E-state index is 13.7. The van der Waals surface area contributed by atoms with Crippen molar-refractivity contribution >= 4 is 0 Å². The lowest BCUT2D eigenvalue weighted by Gasteiger charge is -2.39. The lowest BCUT2D eigenvalue weighted by atomic mass is 9.77. The van der Waals surface area contributed by atoms with Crippen molar-refractivity contribution in [2.24, 2.45) is 5.92 Å². The van der Waals surface area contributed by atoms with E-state index in [2.05, 4.69) is 12.2 Å². The first-order chi connectivity index (χ1) is 9.58. The van der Waals surface area contributed by atoms with Crippen molar-refractivity contribution in [1.82, 2.24) is 5.32 Å². The molecule has 0 aliphatic heterocycles. The Hall–Kier alpha value is -1.44. The van der Waals surface area contributed by atoms with Crippen LogP contribution < -0.4 is 5.32 Å². The van der Waals surface area contributed by atoms with Crippen LogP contribution in [0.2, 0.25) is 0 Å². The topological polar surface area (TPSA) is 56.0 Å². The number of halogens is 1. The van der Waals surface area contributed by atoms with Crippen molar-refractivity contribution in [3.63, 3.8) is 0 Å². The molecular formula is C16H21FN2O. The molecule has 0 unspecified atom stereocenters. The van der Waals surface area contributed by atoms with Gasteiger partial charge < -0.3 is 10.4 Å². The van der Waals surface area contributed by atoms with Gasteiger partial charge >= 0.3 is 0 Å². The Labute approximate surface area is 119 Å². The first-order valence-corrected chi connectivity index (χ1v) is 7.13. The molecule has 2 N–H and O–H groups in total. The van der Waals surface area contributed by atoms with Crippen LogP contribution in [0.25, 0.3) is 0 Å². The van der Waals surface area contributed by atoms with Crippen LogP contribution in [0.15, 0.2) is 18.2 Å². The van der Waals surface area contributed by atoms with Gasteiger partial charge in [-0.15, -0.1) is 0 Å². The van der Waals surface area contributed by atoms with Crippen LogP contribution in [0.3, 0.4) is 0 Å².